The highest BCUT2D eigenvalue weighted by atomic mass is 79.9. The number of hydrogen-bond acceptors (Lipinski definition) is 3. The van der Waals surface area contributed by atoms with Crippen LogP contribution in [0.4, 0.5) is 20.2 Å². The van der Waals surface area contributed by atoms with Crippen molar-refractivity contribution in [3.05, 3.63) is 68.2 Å². The Morgan fingerprint density at radius 2 is 1.95 bits per heavy atom. The van der Waals surface area contributed by atoms with Crippen LogP contribution in [0.25, 0.3) is 0 Å². The normalized spacial score (nSPS) is 12.0. The first-order valence-corrected chi connectivity index (χ1v) is 6.83. The SMILES string of the molecule is CC(Nc1cc([N+](=O)[O-])ccc1Br)c1cc(F)ccc1F. The summed E-state index contributed by atoms with van der Waals surface area (Å²) in [6, 6.07) is 6.83. The zero-order valence-corrected chi connectivity index (χ0v) is 12.5. The molecule has 0 bridgehead atoms. The number of anilines is 1. The fourth-order valence-corrected chi connectivity index (χ4v) is 2.26. The largest absolute Gasteiger partial charge is 0.377 e. The predicted molar refractivity (Wildman–Crippen MR) is 79.2 cm³/mol. The van der Waals surface area contributed by atoms with Gasteiger partial charge >= 0.3 is 0 Å². The van der Waals surface area contributed by atoms with E-state index in [1.54, 1.807) is 6.92 Å². The number of benzene rings is 2. The Morgan fingerprint density at radius 3 is 2.62 bits per heavy atom. The molecule has 1 N–H and O–H groups in total. The van der Waals surface area contributed by atoms with Crippen LogP contribution in [-0.2, 0) is 0 Å². The molecule has 2 aromatic rings. The summed E-state index contributed by atoms with van der Waals surface area (Å²) in [4.78, 5) is 10.2. The van der Waals surface area contributed by atoms with E-state index in [0.717, 1.165) is 18.2 Å². The van der Waals surface area contributed by atoms with Crippen LogP contribution in [-0.4, -0.2) is 4.92 Å². The fourth-order valence-electron chi connectivity index (χ4n) is 1.89. The lowest BCUT2D eigenvalue weighted by Crippen LogP contribution is -2.09. The van der Waals surface area contributed by atoms with Crippen LogP contribution in [0.5, 0.6) is 0 Å². The van der Waals surface area contributed by atoms with Crippen LogP contribution in [0.15, 0.2) is 40.9 Å². The van der Waals surface area contributed by atoms with Gasteiger partial charge in [-0.1, -0.05) is 0 Å². The Morgan fingerprint density at radius 1 is 1.24 bits per heavy atom. The van der Waals surface area contributed by atoms with Gasteiger partial charge in [-0.15, -0.1) is 0 Å². The molecule has 7 heteroatoms. The highest BCUT2D eigenvalue weighted by molar-refractivity contribution is 9.10. The van der Waals surface area contributed by atoms with Crippen molar-refractivity contribution < 1.29 is 13.7 Å². The molecule has 2 rings (SSSR count). The van der Waals surface area contributed by atoms with Gasteiger partial charge in [-0.2, -0.15) is 0 Å². The maximum absolute atomic E-state index is 13.7. The van der Waals surface area contributed by atoms with Gasteiger partial charge in [0.25, 0.3) is 5.69 Å². The topological polar surface area (TPSA) is 55.2 Å². The van der Waals surface area contributed by atoms with E-state index in [0.29, 0.717) is 10.2 Å². The van der Waals surface area contributed by atoms with Gasteiger partial charge in [-0.05, 0) is 47.1 Å². The first kappa shape index (κ1) is 15.4. The third-order valence-electron chi connectivity index (χ3n) is 2.96. The molecule has 0 aliphatic rings. The summed E-state index contributed by atoms with van der Waals surface area (Å²) in [6.07, 6.45) is 0. The Balaban J connectivity index is 2.31. The molecule has 0 aliphatic heterocycles. The molecule has 0 heterocycles. The lowest BCUT2D eigenvalue weighted by atomic mass is 10.1. The molecule has 0 aromatic heterocycles. The summed E-state index contributed by atoms with van der Waals surface area (Å²) in [5.41, 5.74) is 0.487. The summed E-state index contributed by atoms with van der Waals surface area (Å²) in [5.74, 6) is -1.09. The summed E-state index contributed by atoms with van der Waals surface area (Å²) < 4.78 is 27.5. The van der Waals surface area contributed by atoms with Crippen molar-refractivity contribution in [1.29, 1.82) is 0 Å². The van der Waals surface area contributed by atoms with E-state index in [1.165, 1.54) is 18.2 Å². The van der Waals surface area contributed by atoms with Crippen molar-refractivity contribution in [3.8, 4) is 0 Å². The molecule has 0 radical (unpaired) electrons. The van der Waals surface area contributed by atoms with Gasteiger partial charge in [-0.3, -0.25) is 10.1 Å². The number of nitrogens with zero attached hydrogens (tertiary/aromatic N) is 1. The van der Waals surface area contributed by atoms with Crippen molar-refractivity contribution in [2.45, 2.75) is 13.0 Å². The number of rotatable bonds is 4. The summed E-state index contributed by atoms with van der Waals surface area (Å²) in [6.45, 7) is 1.64. The van der Waals surface area contributed by atoms with Crippen LogP contribution in [0.1, 0.15) is 18.5 Å². The van der Waals surface area contributed by atoms with Crippen LogP contribution in [0.3, 0.4) is 0 Å². The molecule has 0 saturated heterocycles. The van der Waals surface area contributed by atoms with Gasteiger partial charge in [0.15, 0.2) is 0 Å². The number of halogens is 3. The lowest BCUT2D eigenvalue weighted by Gasteiger charge is -2.17. The van der Waals surface area contributed by atoms with Crippen LogP contribution >= 0.6 is 15.9 Å². The molecule has 0 saturated carbocycles. The Bertz CT molecular complexity index is 695. The Hall–Kier alpha value is -2.02. The van der Waals surface area contributed by atoms with Gasteiger partial charge in [0.1, 0.15) is 11.6 Å². The minimum atomic E-state index is -0.556. The van der Waals surface area contributed by atoms with E-state index in [-0.39, 0.29) is 11.3 Å². The van der Waals surface area contributed by atoms with Crippen molar-refractivity contribution in [2.24, 2.45) is 0 Å². The Kier molecular flexibility index (Phi) is 4.52. The van der Waals surface area contributed by atoms with Gasteiger partial charge in [0.2, 0.25) is 0 Å². The van der Waals surface area contributed by atoms with Gasteiger partial charge in [0, 0.05) is 22.2 Å². The monoisotopic (exact) mass is 356 g/mol. The number of hydrogen-bond donors (Lipinski definition) is 1. The fraction of sp³-hybridized carbons (Fsp3) is 0.143. The van der Waals surface area contributed by atoms with Crippen LogP contribution in [0.2, 0.25) is 0 Å². The van der Waals surface area contributed by atoms with Crippen LogP contribution in [0, 0.1) is 21.7 Å². The summed E-state index contributed by atoms with van der Waals surface area (Å²) in [5, 5.41) is 13.7. The van der Waals surface area contributed by atoms with Crippen LogP contribution < -0.4 is 5.32 Å². The highest BCUT2D eigenvalue weighted by Crippen LogP contribution is 2.31. The van der Waals surface area contributed by atoms with E-state index >= 15 is 0 Å². The first-order valence-electron chi connectivity index (χ1n) is 6.04. The van der Waals surface area contributed by atoms with E-state index < -0.39 is 22.6 Å². The molecule has 0 spiro atoms. The molecule has 1 unspecified atom stereocenters. The molecule has 0 amide bonds. The molecular weight excluding hydrogens is 346 g/mol. The second-order valence-electron chi connectivity index (χ2n) is 4.45. The minimum Gasteiger partial charge on any atom is -0.377 e. The van der Waals surface area contributed by atoms with E-state index in [4.69, 9.17) is 0 Å². The Labute approximate surface area is 128 Å². The zero-order chi connectivity index (χ0) is 15.6. The second kappa shape index (κ2) is 6.17. The van der Waals surface area contributed by atoms with Crippen molar-refractivity contribution in [1.82, 2.24) is 0 Å². The lowest BCUT2D eigenvalue weighted by molar-refractivity contribution is -0.384. The van der Waals surface area contributed by atoms with Crippen molar-refractivity contribution in [2.75, 3.05) is 5.32 Å². The standard InChI is InChI=1S/C14H11BrF2N2O2/c1-8(11-6-9(16)2-5-13(11)17)18-14-7-10(19(20)21)3-4-12(14)15/h2-8,18H,1H3. The highest BCUT2D eigenvalue weighted by Gasteiger charge is 2.15. The van der Waals surface area contributed by atoms with E-state index in [1.807, 2.05) is 0 Å². The predicted octanol–water partition coefficient (Wildman–Crippen LogP) is 4.81. The quantitative estimate of drug-likeness (QED) is 0.631. The molecule has 0 fully saturated rings. The molecule has 2 aromatic carbocycles. The number of nitro benzene ring substituents is 1. The minimum absolute atomic E-state index is 0.0902. The average Bonchev–Trinajstić information content (AvgIpc) is 2.43. The second-order valence-corrected chi connectivity index (χ2v) is 5.31. The number of non-ortho nitro benzene ring substituents is 1. The van der Waals surface area contributed by atoms with E-state index in [2.05, 4.69) is 21.2 Å². The zero-order valence-electron chi connectivity index (χ0n) is 10.9. The molecule has 21 heavy (non-hydrogen) atoms. The molecule has 1 atom stereocenters. The smallest absolute Gasteiger partial charge is 0.271 e. The third kappa shape index (κ3) is 3.55. The average molecular weight is 357 g/mol. The maximum atomic E-state index is 13.7. The third-order valence-corrected chi connectivity index (χ3v) is 3.65. The molecule has 110 valence electrons. The van der Waals surface area contributed by atoms with Gasteiger partial charge in [0.05, 0.1) is 16.7 Å². The van der Waals surface area contributed by atoms with Crippen molar-refractivity contribution >= 4 is 27.3 Å². The van der Waals surface area contributed by atoms with Crippen molar-refractivity contribution in [3.63, 3.8) is 0 Å². The first-order chi connectivity index (χ1) is 9.88. The van der Waals surface area contributed by atoms with E-state index in [9.17, 15) is 18.9 Å². The summed E-state index contributed by atoms with van der Waals surface area (Å²) >= 11 is 3.26. The number of nitrogens with one attached hydrogen (secondary N) is 1. The summed E-state index contributed by atoms with van der Waals surface area (Å²) in [7, 11) is 0. The maximum Gasteiger partial charge on any atom is 0.271 e. The molecule has 4 nitrogen and oxygen atoms in total. The van der Waals surface area contributed by atoms with Gasteiger partial charge < -0.3 is 5.32 Å². The molecule has 0 aliphatic carbocycles. The van der Waals surface area contributed by atoms with Gasteiger partial charge in [-0.25, -0.2) is 8.78 Å². The molecular formula is C14H11BrF2N2O2. The number of nitro groups is 1.